The summed E-state index contributed by atoms with van der Waals surface area (Å²) in [6.07, 6.45) is -14.2. The lowest BCUT2D eigenvalue weighted by Crippen LogP contribution is -2.62. The Morgan fingerprint density at radius 3 is 2.20 bits per heavy atom. The van der Waals surface area contributed by atoms with Gasteiger partial charge in [0.05, 0.1) is 25.9 Å². The molecule has 3 aliphatic heterocycles. The van der Waals surface area contributed by atoms with E-state index in [2.05, 4.69) is 0 Å². The summed E-state index contributed by atoms with van der Waals surface area (Å²) in [6.45, 7) is -1.20. The van der Waals surface area contributed by atoms with Gasteiger partial charge >= 0.3 is 0 Å². The summed E-state index contributed by atoms with van der Waals surface area (Å²) in [5.41, 5.74) is 0.540. The topological polar surface area (TPSA) is 236 Å². The van der Waals surface area contributed by atoms with Crippen molar-refractivity contribution in [1.29, 1.82) is 0 Å². The van der Waals surface area contributed by atoms with Gasteiger partial charge in [-0.25, -0.2) is 0 Å². The van der Waals surface area contributed by atoms with Crippen molar-refractivity contribution in [1.82, 2.24) is 0 Å². The molecule has 0 unspecified atom stereocenters. The Hall–Kier alpha value is -3.55. The number of fused-ring (bicyclic) bond motifs is 2. The minimum atomic E-state index is -1.72. The first-order valence-corrected chi connectivity index (χ1v) is 13.9. The van der Waals surface area contributed by atoms with Crippen LogP contribution in [0.1, 0.15) is 0 Å². The van der Waals surface area contributed by atoms with Gasteiger partial charge in [0.15, 0.2) is 17.8 Å². The zero-order valence-corrected chi connectivity index (χ0v) is 23.7. The normalized spacial score (nSPS) is 32.9. The average molecular weight is 637 g/mol. The van der Waals surface area contributed by atoms with Gasteiger partial charge in [0.25, 0.3) is 0 Å². The van der Waals surface area contributed by atoms with Crippen LogP contribution in [0, 0.1) is 0 Å². The highest BCUT2D eigenvalue weighted by Crippen LogP contribution is 2.45. The molecule has 2 aromatic carbocycles. The molecule has 0 bridgehead atoms. The highest BCUT2D eigenvalue weighted by Gasteiger charge is 2.48. The molecule has 1 aromatic heterocycles. The van der Waals surface area contributed by atoms with Crippen LogP contribution in [-0.2, 0) is 14.2 Å². The zero-order valence-electron chi connectivity index (χ0n) is 23.7. The molecule has 16 heteroatoms. The van der Waals surface area contributed by atoms with E-state index in [9.17, 15) is 40.5 Å². The number of benzene rings is 2. The summed E-state index contributed by atoms with van der Waals surface area (Å²) in [5.74, 6) is 1.05. The van der Waals surface area contributed by atoms with E-state index in [-0.39, 0.29) is 40.3 Å². The van der Waals surface area contributed by atoms with Crippen molar-refractivity contribution in [2.45, 2.75) is 61.4 Å². The van der Waals surface area contributed by atoms with E-state index >= 15 is 0 Å². The molecule has 6 rings (SSSR count). The standard InChI is InChI=1S/C29H32O16/c1-38-27-18-14(6-15-26(27)42-10-41-15)39-8-13(19(18)31)11-2-4-12(5-3-11)43-29-25(37)23(35)21(33)17(45-29)9-40-28-24(36)22(34)20(32)16(7-30)44-28/h2-6,8,16-17,20-25,28-30,32-37H,7,9-10H2,1H3/t16-,17-,20+,21+,22+,23+,24+,25+,28+,29-/m0/s1. The van der Waals surface area contributed by atoms with Crippen LogP contribution in [-0.4, -0.2) is 124 Å². The van der Waals surface area contributed by atoms with Crippen molar-refractivity contribution in [3.8, 4) is 34.1 Å². The predicted octanol–water partition coefficient (Wildman–Crippen LogP) is -1.80. The Kier molecular flexibility index (Phi) is 8.86. The fraction of sp³-hybridized carbons (Fsp3) is 0.483. The first-order valence-electron chi connectivity index (χ1n) is 13.9. The predicted molar refractivity (Wildman–Crippen MR) is 148 cm³/mol. The summed E-state index contributed by atoms with van der Waals surface area (Å²) in [5, 5.41) is 71.1. The van der Waals surface area contributed by atoms with E-state index in [0.717, 1.165) is 0 Å². The first kappa shape index (κ1) is 31.4. The Labute approximate surface area is 254 Å². The highest BCUT2D eigenvalue weighted by atomic mass is 16.7. The minimum absolute atomic E-state index is 0.0219. The monoisotopic (exact) mass is 636 g/mol. The van der Waals surface area contributed by atoms with Crippen molar-refractivity contribution < 1.29 is 73.3 Å². The second-order valence-electron chi connectivity index (χ2n) is 10.7. The quantitative estimate of drug-likeness (QED) is 0.144. The molecule has 3 aliphatic rings. The third-order valence-corrected chi connectivity index (χ3v) is 7.92. The SMILES string of the molecule is COc1c2c(cc3occ(-c4ccc(O[C@H]5O[C@@H](CO[C@@H]6O[C@@H](CO)[C@@H](O)[C@@H](O)[C@H]6O)[C@@H](O)[C@@H](O)[C@H]5O)cc4)c(=O)c13)OCO2. The van der Waals surface area contributed by atoms with Crippen LogP contribution in [0.25, 0.3) is 22.1 Å². The molecule has 10 atom stereocenters. The molecule has 16 nitrogen and oxygen atoms in total. The van der Waals surface area contributed by atoms with E-state index in [4.69, 9.17) is 37.6 Å². The smallest absolute Gasteiger partial charge is 0.231 e. The summed E-state index contributed by atoms with van der Waals surface area (Å²) in [7, 11) is 1.40. The van der Waals surface area contributed by atoms with Gasteiger partial charge in [-0.05, 0) is 17.7 Å². The Morgan fingerprint density at radius 1 is 0.844 bits per heavy atom. The number of hydrogen-bond acceptors (Lipinski definition) is 16. The lowest BCUT2D eigenvalue weighted by Gasteiger charge is -2.42. The lowest BCUT2D eigenvalue weighted by atomic mass is 9.98. The maximum absolute atomic E-state index is 13.5. The van der Waals surface area contributed by atoms with Gasteiger partial charge < -0.3 is 73.3 Å². The zero-order chi connectivity index (χ0) is 32.0. The fourth-order valence-electron chi connectivity index (χ4n) is 5.40. The van der Waals surface area contributed by atoms with Gasteiger partial charge in [0.1, 0.15) is 71.8 Å². The van der Waals surface area contributed by atoms with Crippen molar-refractivity contribution >= 4 is 11.0 Å². The van der Waals surface area contributed by atoms with Crippen LogP contribution in [0.3, 0.4) is 0 Å². The number of hydrogen-bond donors (Lipinski definition) is 7. The van der Waals surface area contributed by atoms with Gasteiger partial charge in [0.2, 0.25) is 24.3 Å². The van der Waals surface area contributed by atoms with Crippen LogP contribution in [0.5, 0.6) is 23.0 Å². The molecule has 244 valence electrons. The van der Waals surface area contributed by atoms with Crippen LogP contribution in [0.15, 0.2) is 45.8 Å². The second-order valence-corrected chi connectivity index (χ2v) is 10.7. The highest BCUT2D eigenvalue weighted by molar-refractivity contribution is 5.91. The molecular weight excluding hydrogens is 604 g/mol. The van der Waals surface area contributed by atoms with E-state index in [0.29, 0.717) is 17.1 Å². The summed E-state index contributed by atoms with van der Waals surface area (Å²) < 4.78 is 44.1. The minimum Gasteiger partial charge on any atom is -0.492 e. The summed E-state index contributed by atoms with van der Waals surface area (Å²) in [4.78, 5) is 13.5. The summed E-state index contributed by atoms with van der Waals surface area (Å²) >= 11 is 0. The molecule has 2 saturated heterocycles. The Bertz CT molecular complexity index is 1560. The largest absolute Gasteiger partial charge is 0.492 e. The van der Waals surface area contributed by atoms with Gasteiger partial charge in [-0.1, -0.05) is 12.1 Å². The average Bonchev–Trinajstić information content (AvgIpc) is 3.52. The number of aliphatic hydroxyl groups excluding tert-OH is 7. The van der Waals surface area contributed by atoms with Crippen molar-refractivity contribution in [3.05, 3.63) is 46.8 Å². The lowest BCUT2D eigenvalue weighted by molar-refractivity contribution is -0.323. The van der Waals surface area contributed by atoms with Crippen molar-refractivity contribution in [2.24, 2.45) is 0 Å². The first-order chi connectivity index (χ1) is 21.6. The molecule has 0 radical (unpaired) electrons. The second kappa shape index (κ2) is 12.7. The maximum Gasteiger partial charge on any atom is 0.231 e. The molecule has 7 N–H and O–H groups in total. The molecule has 2 fully saturated rings. The molecule has 4 heterocycles. The van der Waals surface area contributed by atoms with E-state index in [1.54, 1.807) is 18.2 Å². The molecule has 0 amide bonds. The third kappa shape index (κ3) is 5.70. The Morgan fingerprint density at radius 2 is 1.51 bits per heavy atom. The molecule has 0 saturated carbocycles. The number of methoxy groups -OCH3 is 1. The van der Waals surface area contributed by atoms with E-state index in [1.165, 1.54) is 25.5 Å². The van der Waals surface area contributed by atoms with E-state index in [1.807, 2.05) is 0 Å². The fourth-order valence-corrected chi connectivity index (χ4v) is 5.40. The molecule has 3 aromatic rings. The third-order valence-electron chi connectivity index (χ3n) is 7.92. The number of ether oxygens (including phenoxy) is 7. The van der Waals surface area contributed by atoms with Crippen molar-refractivity contribution in [3.63, 3.8) is 0 Å². The summed E-state index contributed by atoms with van der Waals surface area (Å²) in [6, 6.07) is 7.65. The van der Waals surface area contributed by atoms with Gasteiger partial charge in [-0.3, -0.25) is 4.79 Å². The van der Waals surface area contributed by atoms with Gasteiger partial charge in [-0.2, -0.15) is 0 Å². The van der Waals surface area contributed by atoms with Crippen LogP contribution in [0.4, 0.5) is 0 Å². The Balaban J connectivity index is 1.16. The van der Waals surface area contributed by atoms with Crippen molar-refractivity contribution in [2.75, 3.05) is 27.1 Å². The maximum atomic E-state index is 13.5. The number of aliphatic hydroxyl groups is 7. The molecular formula is C29H32O16. The van der Waals surface area contributed by atoms with E-state index < -0.39 is 74.6 Å². The van der Waals surface area contributed by atoms with Gasteiger partial charge in [0, 0.05) is 6.07 Å². The number of rotatable bonds is 8. The van der Waals surface area contributed by atoms with Gasteiger partial charge in [-0.15, -0.1) is 0 Å². The molecule has 0 aliphatic carbocycles. The molecule has 45 heavy (non-hydrogen) atoms. The molecule has 0 spiro atoms. The van der Waals surface area contributed by atoms with Crippen LogP contribution < -0.4 is 24.4 Å². The van der Waals surface area contributed by atoms with Crippen LogP contribution >= 0.6 is 0 Å². The van der Waals surface area contributed by atoms with Crippen LogP contribution in [0.2, 0.25) is 0 Å².